The summed E-state index contributed by atoms with van der Waals surface area (Å²) in [4.78, 5) is 37.6. The highest BCUT2D eigenvalue weighted by atomic mass is 16.5. The molecule has 2 aromatic rings. The molecular weight excluding hydrogens is 448 g/mol. The molecule has 3 N–H and O–H groups in total. The zero-order valence-corrected chi connectivity index (χ0v) is 20.1. The normalized spacial score (nSPS) is 20.4. The molecule has 0 heterocycles. The molecule has 1 saturated carbocycles. The first-order chi connectivity index (χ1) is 16.9. The average Bonchev–Trinajstić information content (AvgIpc) is 3.44. The van der Waals surface area contributed by atoms with Crippen LogP contribution in [0.2, 0.25) is 0 Å². The van der Waals surface area contributed by atoms with Gasteiger partial charge in [-0.2, -0.15) is 0 Å². The van der Waals surface area contributed by atoms with Crippen molar-refractivity contribution in [1.82, 2.24) is 10.6 Å². The van der Waals surface area contributed by atoms with Crippen LogP contribution in [0.25, 0.3) is 11.1 Å². The van der Waals surface area contributed by atoms with Crippen molar-refractivity contribution in [1.29, 1.82) is 0 Å². The lowest BCUT2D eigenvalue weighted by molar-refractivity contribution is -0.151. The van der Waals surface area contributed by atoms with Crippen LogP contribution in [0.5, 0.6) is 0 Å². The molecule has 2 aliphatic carbocycles. The molecule has 0 bridgehead atoms. The van der Waals surface area contributed by atoms with Crippen LogP contribution in [-0.2, 0) is 19.1 Å². The molecule has 3 unspecified atom stereocenters. The average molecular weight is 481 g/mol. The lowest BCUT2D eigenvalue weighted by Gasteiger charge is -2.31. The van der Waals surface area contributed by atoms with E-state index in [4.69, 9.17) is 9.47 Å². The van der Waals surface area contributed by atoms with Crippen LogP contribution in [0.3, 0.4) is 0 Å². The Bertz CT molecular complexity index is 1060. The molecule has 8 nitrogen and oxygen atoms in total. The number of methoxy groups -OCH3 is 1. The Morgan fingerprint density at radius 1 is 1.03 bits per heavy atom. The predicted molar refractivity (Wildman–Crippen MR) is 130 cm³/mol. The molecule has 0 saturated heterocycles. The van der Waals surface area contributed by atoms with Crippen LogP contribution in [0.4, 0.5) is 4.79 Å². The number of benzene rings is 2. The number of ether oxygens (including phenoxy) is 2. The summed E-state index contributed by atoms with van der Waals surface area (Å²) >= 11 is 0. The maximum atomic E-state index is 13.0. The first-order valence-corrected chi connectivity index (χ1v) is 12.1. The molecule has 0 aromatic heterocycles. The first kappa shape index (κ1) is 24.7. The Morgan fingerprint density at radius 2 is 1.66 bits per heavy atom. The summed E-state index contributed by atoms with van der Waals surface area (Å²) in [7, 11) is 1.40. The van der Waals surface area contributed by atoms with Gasteiger partial charge in [0.25, 0.3) is 0 Å². The van der Waals surface area contributed by atoms with E-state index in [0.29, 0.717) is 12.8 Å². The van der Waals surface area contributed by atoms with E-state index in [0.717, 1.165) is 28.7 Å². The smallest absolute Gasteiger partial charge is 0.407 e. The maximum Gasteiger partial charge on any atom is 0.407 e. The molecule has 0 radical (unpaired) electrons. The summed E-state index contributed by atoms with van der Waals surface area (Å²) in [6.07, 6.45) is 1.54. The van der Waals surface area contributed by atoms with E-state index in [9.17, 15) is 19.5 Å². The monoisotopic (exact) mass is 480 g/mol. The van der Waals surface area contributed by atoms with E-state index < -0.39 is 35.5 Å². The van der Waals surface area contributed by atoms with Crippen molar-refractivity contribution in [3.63, 3.8) is 0 Å². The number of nitrogens with one attached hydrogen (secondary N) is 2. The predicted octanol–water partition coefficient (Wildman–Crippen LogP) is 3.69. The number of rotatable bonds is 9. The van der Waals surface area contributed by atoms with Crippen LogP contribution >= 0.6 is 0 Å². The van der Waals surface area contributed by atoms with E-state index >= 15 is 0 Å². The third-order valence-electron chi connectivity index (χ3n) is 7.27. The van der Waals surface area contributed by atoms with E-state index in [1.807, 2.05) is 24.3 Å². The van der Waals surface area contributed by atoms with Crippen molar-refractivity contribution in [2.75, 3.05) is 20.3 Å². The molecule has 186 valence electrons. The van der Waals surface area contributed by atoms with Gasteiger partial charge in [-0.25, -0.2) is 9.59 Å². The minimum absolute atomic E-state index is 0.0504. The fourth-order valence-corrected chi connectivity index (χ4v) is 5.31. The topological polar surface area (TPSA) is 114 Å². The van der Waals surface area contributed by atoms with E-state index in [1.165, 1.54) is 7.11 Å². The number of carbonyl (C=O) groups excluding carboxylic acids is 2. The second-order valence-electron chi connectivity index (χ2n) is 9.28. The van der Waals surface area contributed by atoms with Crippen molar-refractivity contribution in [3.8, 4) is 11.1 Å². The van der Waals surface area contributed by atoms with E-state index in [1.54, 1.807) is 6.92 Å². The molecule has 2 aliphatic rings. The van der Waals surface area contributed by atoms with Gasteiger partial charge in [0.2, 0.25) is 5.91 Å². The third kappa shape index (κ3) is 4.89. The van der Waals surface area contributed by atoms with Crippen molar-refractivity contribution >= 4 is 18.0 Å². The highest BCUT2D eigenvalue weighted by Crippen LogP contribution is 2.44. The number of alkyl carbamates (subject to hydrolysis) is 1. The fourth-order valence-electron chi connectivity index (χ4n) is 5.31. The molecule has 8 heteroatoms. The van der Waals surface area contributed by atoms with E-state index in [-0.39, 0.29) is 25.6 Å². The number of hydrogen-bond acceptors (Lipinski definition) is 5. The van der Waals surface area contributed by atoms with Crippen molar-refractivity contribution < 1.29 is 29.0 Å². The lowest BCUT2D eigenvalue weighted by atomic mass is 9.94. The van der Waals surface area contributed by atoms with Crippen LogP contribution in [0, 0.1) is 5.92 Å². The summed E-state index contributed by atoms with van der Waals surface area (Å²) in [6.45, 7) is 1.74. The number of carbonyl (C=O) groups is 3. The quantitative estimate of drug-likeness (QED) is 0.504. The molecule has 1 fully saturated rings. The summed E-state index contributed by atoms with van der Waals surface area (Å²) < 4.78 is 10.7. The third-order valence-corrected chi connectivity index (χ3v) is 7.27. The number of carboxylic acid groups (broad SMARTS) is 1. The molecule has 2 aromatic carbocycles. The highest BCUT2D eigenvalue weighted by Gasteiger charge is 2.43. The number of hydrogen-bond donors (Lipinski definition) is 3. The van der Waals surface area contributed by atoms with Gasteiger partial charge in [0.1, 0.15) is 6.61 Å². The van der Waals surface area contributed by atoms with Gasteiger partial charge in [-0.3, -0.25) is 4.79 Å². The first-order valence-electron chi connectivity index (χ1n) is 12.1. The second-order valence-corrected chi connectivity index (χ2v) is 9.28. The molecule has 3 atom stereocenters. The summed E-state index contributed by atoms with van der Waals surface area (Å²) in [5, 5.41) is 15.2. The van der Waals surface area contributed by atoms with Gasteiger partial charge in [-0.1, -0.05) is 61.9 Å². The van der Waals surface area contributed by atoms with Gasteiger partial charge >= 0.3 is 12.1 Å². The molecule has 2 amide bonds. The lowest BCUT2D eigenvalue weighted by Crippen LogP contribution is -2.59. The SMILES string of the molecule is CCC(COC)(NC(=O)C1CCCC1NC(=O)OCC1c2ccccc2-c2ccccc21)C(=O)O. The fraction of sp³-hybridized carbons (Fsp3) is 0.444. The van der Waals surface area contributed by atoms with Gasteiger partial charge in [0.05, 0.1) is 12.5 Å². The Labute approximate surface area is 205 Å². The van der Waals surface area contributed by atoms with Crippen molar-refractivity contribution in [3.05, 3.63) is 59.7 Å². The Balaban J connectivity index is 1.39. The van der Waals surface area contributed by atoms with Crippen molar-refractivity contribution in [2.24, 2.45) is 5.92 Å². The largest absolute Gasteiger partial charge is 0.479 e. The summed E-state index contributed by atoms with van der Waals surface area (Å²) in [6, 6.07) is 15.8. The number of aliphatic carboxylic acids is 1. The Kier molecular flexibility index (Phi) is 7.40. The van der Waals surface area contributed by atoms with Gasteiger partial charge in [-0.15, -0.1) is 0 Å². The van der Waals surface area contributed by atoms with Crippen molar-refractivity contribution in [2.45, 2.75) is 50.1 Å². The zero-order valence-electron chi connectivity index (χ0n) is 20.1. The van der Waals surface area contributed by atoms with Gasteiger partial charge in [-0.05, 0) is 41.5 Å². The van der Waals surface area contributed by atoms with Crippen LogP contribution < -0.4 is 10.6 Å². The number of amides is 2. The van der Waals surface area contributed by atoms with Crippen LogP contribution in [0.1, 0.15) is 49.7 Å². The highest BCUT2D eigenvalue weighted by molar-refractivity contribution is 5.89. The molecule has 0 aliphatic heterocycles. The minimum atomic E-state index is -1.50. The Hall–Kier alpha value is -3.39. The number of carboxylic acids is 1. The van der Waals surface area contributed by atoms with Gasteiger partial charge in [0, 0.05) is 19.1 Å². The molecular formula is C27H32N2O6. The minimum Gasteiger partial charge on any atom is -0.479 e. The van der Waals surface area contributed by atoms with Gasteiger partial charge in [0.15, 0.2) is 5.54 Å². The van der Waals surface area contributed by atoms with Crippen LogP contribution in [0.15, 0.2) is 48.5 Å². The van der Waals surface area contributed by atoms with Gasteiger partial charge < -0.3 is 25.2 Å². The van der Waals surface area contributed by atoms with E-state index in [2.05, 4.69) is 34.9 Å². The Morgan fingerprint density at radius 3 is 2.23 bits per heavy atom. The summed E-state index contributed by atoms with van der Waals surface area (Å²) in [5.74, 6) is -2.12. The summed E-state index contributed by atoms with van der Waals surface area (Å²) in [5.41, 5.74) is 3.06. The standard InChI is InChI=1S/C27H32N2O6/c1-3-27(16-34-2,25(31)32)29-24(30)21-13-8-14-23(21)28-26(33)35-15-22-19-11-6-4-9-17(19)18-10-5-7-12-20(18)22/h4-7,9-12,21-23H,3,8,13-16H2,1-2H3,(H,28,33)(H,29,30)(H,31,32). The van der Waals surface area contributed by atoms with Crippen LogP contribution in [-0.4, -0.2) is 55.0 Å². The second kappa shape index (κ2) is 10.5. The maximum absolute atomic E-state index is 13.0. The zero-order chi connectivity index (χ0) is 25.0. The molecule has 35 heavy (non-hydrogen) atoms. The molecule has 4 rings (SSSR count). The molecule has 0 spiro atoms. The number of fused-ring (bicyclic) bond motifs is 3.